The van der Waals surface area contributed by atoms with Crippen LogP contribution in [0.1, 0.15) is 141 Å². The number of Topliss-reactive ketones (excluding diaryl/α,β-unsaturated/α-hetero) is 3. The van der Waals surface area contributed by atoms with Gasteiger partial charge in [0.25, 0.3) is 11.8 Å². The van der Waals surface area contributed by atoms with Gasteiger partial charge in [0.15, 0.2) is 40.8 Å². The van der Waals surface area contributed by atoms with E-state index in [9.17, 15) is 48.3 Å². The Labute approximate surface area is 631 Å². The molecular weight excluding hydrogens is 1390 g/mol. The van der Waals surface area contributed by atoms with Crippen LogP contribution in [-0.2, 0) is 60.1 Å². The number of fused-ring (bicyclic) bond motifs is 9. The molecule has 7 aromatic rings. The monoisotopic (exact) mass is 1480 g/mol. The smallest absolute Gasteiger partial charge is 0.416 e. The number of methoxy groups -OCH3 is 3. The maximum Gasteiger partial charge on any atom is 0.416 e. The van der Waals surface area contributed by atoms with Crippen molar-refractivity contribution in [1.82, 2.24) is 35.4 Å². The summed E-state index contributed by atoms with van der Waals surface area (Å²) in [6, 6.07) is 34.3. The molecule has 568 valence electrons. The first kappa shape index (κ1) is 75.7. The van der Waals surface area contributed by atoms with Crippen molar-refractivity contribution in [3.63, 3.8) is 0 Å². The number of ether oxygens (including phenoxy) is 6. The first-order chi connectivity index (χ1) is 52.6. The third kappa shape index (κ3) is 16.6. The molecular formula is C83H90N10O16. The zero-order chi connectivity index (χ0) is 76.8. The van der Waals surface area contributed by atoms with E-state index in [1.165, 1.54) is 26.4 Å². The van der Waals surface area contributed by atoms with Crippen LogP contribution in [0.4, 0.5) is 21.9 Å². The van der Waals surface area contributed by atoms with Gasteiger partial charge in [-0.15, -0.1) is 5.10 Å². The Morgan fingerprint density at radius 3 is 2.08 bits per heavy atom. The molecule has 2 fully saturated rings. The number of benzene rings is 6. The molecule has 109 heavy (non-hydrogen) atoms. The Hall–Kier alpha value is -11.5. The molecule has 1 aliphatic carbocycles. The Balaban J connectivity index is 0.558. The van der Waals surface area contributed by atoms with E-state index in [1.807, 2.05) is 79.0 Å². The number of para-hydroxylation sites is 1. The minimum Gasteiger partial charge on any atom is -0.497 e. The fourth-order valence-corrected chi connectivity index (χ4v) is 14.9. The number of hydrogen-bond donors (Lipinski definition) is 3. The third-order valence-corrected chi connectivity index (χ3v) is 21.4. The first-order valence-electron chi connectivity index (χ1n) is 37.1. The van der Waals surface area contributed by atoms with Crippen LogP contribution in [0.5, 0.6) is 28.7 Å². The summed E-state index contributed by atoms with van der Waals surface area (Å²) < 4.78 is 36.9. The van der Waals surface area contributed by atoms with E-state index >= 15 is 0 Å². The number of aliphatic hydroxyl groups excluding tert-OH is 1. The molecule has 26 heteroatoms. The number of aryl methyl sites for hydroxylation is 1. The lowest BCUT2D eigenvalue weighted by Gasteiger charge is -2.31. The predicted molar refractivity (Wildman–Crippen MR) is 405 cm³/mol. The second-order valence-electron chi connectivity index (χ2n) is 29.1. The van der Waals surface area contributed by atoms with Crippen molar-refractivity contribution in [2.45, 2.75) is 142 Å². The van der Waals surface area contributed by atoms with E-state index < -0.39 is 47.9 Å². The van der Waals surface area contributed by atoms with Crippen LogP contribution in [0.2, 0.25) is 0 Å². The average molecular weight is 1480 g/mol. The highest BCUT2D eigenvalue weighted by molar-refractivity contribution is 6.08. The van der Waals surface area contributed by atoms with Gasteiger partial charge in [0.2, 0.25) is 17.7 Å². The number of aliphatic hydroxyl groups is 1. The second kappa shape index (κ2) is 32.9. The topological polar surface area (TPSA) is 309 Å². The standard InChI is InChI=1S/C83H90N10O16/c1-49(2)62(37-58(95)44-85-74(97)29-25-57(94)26-30-75(98)91-45-54-15-9-10-16-60(54)76-77(89(4)88-87-76)61-17-11-12-18-66(61)91)78(99)86-50(3)69(96)35-51-19-21-52(22-20-51)47-109-82(103)93-67-41-73(71(106-7)39-64(67)80(101)92-48-83(31-32-83)42-68(92)81(93)102)108-34-14-8-13-33-107-72-40-65-63(38-70(72)105-6)79(100)90-46-55(36-56(90)43-84-65)53-23-27-59(104-5)28-24-53/h9-12,15-24,27-28,38-41,43,46,49-50,56,62,68,81,102H,8,13-14,25-26,29-37,42,44-45,47-48H2,1-7H3,(H,85,97)(H,86,99)/t50-,56-,62-,68-,81-/m0/s1. The molecule has 1 spiro atoms. The molecule has 5 atom stereocenters. The van der Waals surface area contributed by atoms with Gasteiger partial charge in [-0.1, -0.05) is 97.9 Å². The number of hydrogen-bond acceptors (Lipinski definition) is 19. The number of nitrogens with zero attached hydrogens (tertiary/aromatic N) is 8. The summed E-state index contributed by atoms with van der Waals surface area (Å²) in [7, 11) is 6.40. The first-order valence-corrected chi connectivity index (χ1v) is 37.1. The Morgan fingerprint density at radius 2 is 1.38 bits per heavy atom. The molecule has 6 heterocycles. The quantitative estimate of drug-likeness (QED) is 0.0352. The molecule has 5 aliphatic heterocycles. The lowest BCUT2D eigenvalue weighted by Crippen LogP contribution is -2.50. The van der Waals surface area contributed by atoms with Crippen LogP contribution >= 0.6 is 0 Å². The molecule has 6 aliphatic rings. The number of carbonyl (C=O) groups excluding carboxylic acids is 9. The van der Waals surface area contributed by atoms with Gasteiger partial charge in [-0.3, -0.25) is 43.3 Å². The average Bonchev–Trinajstić information content (AvgIpc) is 1.57. The zero-order valence-corrected chi connectivity index (χ0v) is 62.2. The number of rotatable bonds is 30. The maximum absolute atomic E-state index is 14.5. The lowest BCUT2D eigenvalue weighted by molar-refractivity contribution is -0.133. The van der Waals surface area contributed by atoms with E-state index in [4.69, 9.17) is 33.4 Å². The molecule has 0 unspecified atom stereocenters. The summed E-state index contributed by atoms with van der Waals surface area (Å²) in [6.07, 6.45) is 5.32. The van der Waals surface area contributed by atoms with Crippen LogP contribution in [-0.4, -0.2) is 161 Å². The van der Waals surface area contributed by atoms with Gasteiger partial charge in [0, 0.05) is 100 Å². The summed E-state index contributed by atoms with van der Waals surface area (Å²) in [5.74, 6) is -1.87. The molecule has 0 radical (unpaired) electrons. The highest BCUT2D eigenvalue weighted by atomic mass is 16.6. The molecule has 1 saturated carbocycles. The Morgan fingerprint density at radius 1 is 0.697 bits per heavy atom. The summed E-state index contributed by atoms with van der Waals surface area (Å²) in [4.78, 5) is 134. The van der Waals surface area contributed by atoms with Crippen LogP contribution in [0.15, 0.2) is 133 Å². The zero-order valence-electron chi connectivity index (χ0n) is 62.2. The van der Waals surface area contributed by atoms with Crippen molar-refractivity contribution in [3.8, 4) is 51.3 Å². The van der Waals surface area contributed by atoms with Crippen molar-refractivity contribution in [2.75, 3.05) is 57.4 Å². The summed E-state index contributed by atoms with van der Waals surface area (Å²) >= 11 is 0. The molecule has 3 N–H and O–H groups in total. The summed E-state index contributed by atoms with van der Waals surface area (Å²) in [5.41, 5.74) is 8.81. The molecule has 1 aromatic heterocycles. The summed E-state index contributed by atoms with van der Waals surface area (Å²) in [6.45, 7) is 5.77. The number of amides is 6. The van der Waals surface area contributed by atoms with Crippen LogP contribution < -0.4 is 44.1 Å². The third-order valence-electron chi connectivity index (χ3n) is 21.4. The normalized spacial score (nSPS) is 17.5. The van der Waals surface area contributed by atoms with Crippen molar-refractivity contribution >= 4 is 81.8 Å². The molecule has 6 aromatic carbocycles. The van der Waals surface area contributed by atoms with Gasteiger partial charge in [-0.25, -0.2) is 14.4 Å². The molecule has 6 amide bonds. The minimum absolute atomic E-state index is 0.0582. The van der Waals surface area contributed by atoms with E-state index in [2.05, 4.69) is 20.9 Å². The number of aromatic nitrogens is 3. The number of nitrogens with one attached hydrogen (secondary N) is 2. The minimum atomic E-state index is -1.47. The van der Waals surface area contributed by atoms with Crippen LogP contribution in [0.3, 0.4) is 0 Å². The second-order valence-corrected chi connectivity index (χ2v) is 29.1. The van der Waals surface area contributed by atoms with Gasteiger partial charge >= 0.3 is 6.09 Å². The fourth-order valence-electron chi connectivity index (χ4n) is 14.9. The van der Waals surface area contributed by atoms with Gasteiger partial charge in [0.05, 0.1) is 99.6 Å². The number of unbranched alkanes of at least 4 members (excludes halogenated alkanes) is 2. The van der Waals surface area contributed by atoms with Crippen molar-refractivity contribution < 1.29 is 76.7 Å². The van der Waals surface area contributed by atoms with Crippen molar-refractivity contribution in [1.29, 1.82) is 0 Å². The predicted octanol–water partition coefficient (Wildman–Crippen LogP) is 10.9. The van der Waals surface area contributed by atoms with Gasteiger partial charge in [-0.05, 0) is 115 Å². The van der Waals surface area contributed by atoms with Crippen LogP contribution in [0, 0.1) is 17.3 Å². The highest BCUT2D eigenvalue weighted by Crippen LogP contribution is 2.57. The maximum atomic E-state index is 14.5. The SMILES string of the molecule is COc1ccc(C2=CN3C(=O)c4cc(OC)c(OCCCCCOc5cc6c(cc5OC)C(=O)N5CC7(CC7)C[C@H]5[C@H](O)N6C(=O)OCc5ccc(CC(=O)[C@H](C)NC(=O)[C@@H](CC(=O)CNC(=O)CCC(=O)CCC(=O)N6Cc7ccccc7-c7nnn(C)c7-c7ccccc76)C(C)C)cc5)cc4N=C[C@@H]3C2)cc1. The summed E-state index contributed by atoms with van der Waals surface area (Å²) in [5, 5.41) is 26.3. The van der Waals surface area contributed by atoms with E-state index in [0.29, 0.717) is 90.5 Å². The fraction of sp³-hybridized carbons (Fsp3) is 0.398. The molecule has 0 bridgehead atoms. The van der Waals surface area contributed by atoms with E-state index in [0.717, 1.165) is 57.0 Å². The van der Waals surface area contributed by atoms with Crippen molar-refractivity contribution in [2.24, 2.45) is 29.3 Å². The van der Waals surface area contributed by atoms with Gasteiger partial charge in [-0.2, -0.15) is 0 Å². The number of aliphatic imine (C=N–C) groups is 1. The molecule has 1 saturated heterocycles. The van der Waals surface area contributed by atoms with Crippen LogP contribution in [0.25, 0.3) is 28.1 Å². The van der Waals surface area contributed by atoms with E-state index in [1.54, 1.807) is 96.9 Å². The lowest BCUT2D eigenvalue weighted by atomic mass is 9.89. The molecule has 26 nitrogen and oxygen atoms in total. The Kier molecular flexibility index (Phi) is 22.8. The number of carbonyl (C=O) groups is 9. The number of anilines is 2. The van der Waals surface area contributed by atoms with Gasteiger partial charge in [0.1, 0.15) is 23.8 Å². The highest BCUT2D eigenvalue weighted by Gasteiger charge is 2.58. The number of ketones is 3. The van der Waals surface area contributed by atoms with Gasteiger partial charge < -0.3 is 58.9 Å². The Bertz CT molecular complexity index is 4740. The van der Waals surface area contributed by atoms with Crippen molar-refractivity contribution in [3.05, 3.63) is 161 Å². The largest absolute Gasteiger partial charge is 0.497 e. The van der Waals surface area contributed by atoms with E-state index in [-0.39, 0.29) is 134 Å². The molecule has 13 rings (SSSR count).